The molecule has 3 fully saturated rings. The molecule has 0 spiro atoms. The van der Waals surface area contributed by atoms with Gasteiger partial charge in [0.05, 0.1) is 18.9 Å². The molecule has 2 aliphatic carbocycles. The lowest BCUT2D eigenvalue weighted by Crippen LogP contribution is -2.52. The van der Waals surface area contributed by atoms with Crippen LogP contribution in [0.25, 0.3) is 0 Å². The zero-order chi connectivity index (χ0) is 21.1. The zero-order valence-corrected chi connectivity index (χ0v) is 17.4. The number of hydrogen-bond acceptors (Lipinski definition) is 5. The summed E-state index contributed by atoms with van der Waals surface area (Å²) in [5, 5.41) is 3.17. The molecule has 5 unspecified atom stereocenters. The Morgan fingerprint density at radius 1 is 1.10 bits per heavy atom. The van der Waals surface area contributed by atoms with E-state index in [1.54, 1.807) is 4.90 Å². The van der Waals surface area contributed by atoms with E-state index in [-0.39, 0.29) is 42.3 Å². The molecule has 162 valence electrons. The van der Waals surface area contributed by atoms with E-state index in [9.17, 15) is 14.4 Å². The van der Waals surface area contributed by atoms with Crippen LogP contribution in [-0.2, 0) is 25.7 Å². The Morgan fingerprint density at radius 2 is 1.87 bits per heavy atom. The minimum absolute atomic E-state index is 0.0676. The largest absolute Gasteiger partial charge is 0.461 e. The first-order valence-corrected chi connectivity index (χ1v) is 10.9. The van der Waals surface area contributed by atoms with Gasteiger partial charge in [0.1, 0.15) is 6.61 Å². The van der Waals surface area contributed by atoms with Gasteiger partial charge >= 0.3 is 12.1 Å². The van der Waals surface area contributed by atoms with Gasteiger partial charge in [0.25, 0.3) is 0 Å². The molecule has 0 radical (unpaired) electrons. The number of esters is 1. The van der Waals surface area contributed by atoms with Crippen LogP contribution in [0.3, 0.4) is 0 Å². The molecule has 3 aliphatic rings. The van der Waals surface area contributed by atoms with Crippen LogP contribution in [0.5, 0.6) is 0 Å². The molecule has 1 aromatic carbocycles. The number of hydrogen-bond donors (Lipinski definition) is 1. The number of likely N-dealkylation sites (tertiary alicyclic amines) is 1. The van der Waals surface area contributed by atoms with Crippen molar-refractivity contribution >= 4 is 18.0 Å². The van der Waals surface area contributed by atoms with Crippen molar-refractivity contribution in [3.05, 3.63) is 35.9 Å². The van der Waals surface area contributed by atoms with Crippen molar-refractivity contribution in [2.45, 2.75) is 44.8 Å². The molecular formula is C23H30N2O5. The number of carbonyl (C=O) groups excluding carboxylic acids is 3. The van der Waals surface area contributed by atoms with E-state index in [4.69, 9.17) is 9.47 Å². The second-order valence-electron chi connectivity index (χ2n) is 8.74. The van der Waals surface area contributed by atoms with Crippen molar-refractivity contribution in [1.29, 1.82) is 0 Å². The fourth-order valence-electron chi connectivity index (χ4n) is 5.43. The summed E-state index contributed by atoms with van der Waals surface area (Å²) in [6.07, 6.45) is 4.14. The fraction of sp³-hybridized carbons (Fsp3) is 0.609. The summed E-state index contributed by atoms with van der Waals surface area (Å²) in [6, 6.07) is 9.47. The van der Waals surface area contributed by atoms with Gasteiger partial charge in [-0.25, -0.2) is 4.79 Å². The molecule has 2 bridgehead atoms. The Hall–Kier alpha value is -2.57. The van der Waals surface area contributed by atoms with Gasteiger partial charge in [-0.3, -0.25) is 9.59 Å². The lowest BCUT2D eigenvalue weighted by Gasteiger charge is -2.34. The maximum Gasteiger partial charge on any atom is 0.409 e. The normalized spacial score (nSPS) is 30.0. The summed E-state index contributed by atoms with van der Waals surface area (Å²) in [6.45, 7) is 1.23. The molecular weight excluding hydrogens is 384 g/mol. The summed E-state index contributed by atoms with van der Waals surface area (Å²) in [4.78, 5) is 39.3. The molecule has 1 saturated heterocycles. The van der Waals surface area contributed by atoms with Crippen LogP contribution in [0.15, 0.2) is 30.3 Å². The third-order valence-electron chi connectivity index (χ3n) is 6.95. The molecule has 7 heteroatoms. The molecule has 1 aliphatic heterocycles. The number of nitrogens with one attached hydrogen (secondary N) is 1. The molecule has 1 N–H and O–H groups in total. The number of ether oxygens (including phenoxy) is 2. The van der Waals surface area contributed by atoms with Crippen LogP contribution >= 0.6 is 0 Å². The summed E-state index contributed by atoms with van der Waals surface area (Å²) in [5.41, 5.74) is 0.958. The molecule has 1 aromatic rings. The monoisotopic (exact) mass is 414 g/mol. The number of nitrogens with zero attached hydrogens (tertiary/aromatic N) is 1. The molecule has 0 aromatic heterocycles. The quantitative estimate of drug-likeness (QED) is 0.749. The van der Waals surface area contributed by atoms with Crippen LogP contribution in [-0.4, -0.2) is 49.1 Å². The maximum absolute atomic E-state index is 13.0. The summed E-state index contributed by atoms with van der Waals surface area (Å²) < 4.78 is 10.4. The van der Waals surface area contributed by atoms with Crippen molar-refractivity contribution in [3.8, 4) is 0 Å². The lowest BCUT2D eigenvalue weighted by molar-refractivity contribution is -0.153. The Bertz CT molecular complexity index is 783. The van der Waals surface area contributed by atoms with Crippen LogP contribution in [0, 0.1) is 23.7 Å². The maximum atomic E-state index is 13.0. The van der Waals surface area contributed by atoms with Gasteiger partial charge in [-0.2, -0.15) is 0 Å². The fourth-order valence-corrected chi connectivity index (χ4v) is 5.43. The Morgan fingerprint density at radius 3 is 2.63 bits per heavy atom. The highest BCUT2D eigenvalue weighted by atomic mass is 16.5. The SMILES string of the molecule is COC(=O)N1CCCC(C(=O)NC2C3CCC(C3)C2C(=O)OCc2ccccc2)C1. The second-order valence-corrected chi connectivity index (χ2v) is 8.74. The van der Waals surface area contributed by atoms with Gasteiger partial charge < -0.3 is 19.7 Å². The first-order chi connectivity index (χ1) is 14.6. The van der Waals surface area contributed by atoms with Gasteiger partial charge in [0.15, 0.2) is 0 Å². The van der Waals surface area contributed by atoms with Gasteiger partial charge in [-0.15, -0.1) is 0 Å². The van der Waals surface area contributed by atoms with E-state index in [1.807, 2.05) is 30.3 Å². The van der Waals surface area contributed by atoms with Gasteiger partial charge in [0, 0.05) is 19.1 Å². The van der Waals surface area contributed by atoms with E-state index < -0.39 is 6.09 Å². The highest BCUT2D eigenvalue weighted by molar-refractivity contribution is 5.82. The van der Waals surface area contributed by atoms with Gasteiger partial charge in [-0.1, -0.05) is 30.3 Å². The third kappa shape index (κ3) is 4.30. The van der Waals surface area contributed by atoms with E-state index in [2.05, 4.69) is 5.32 Å². The van der Waals surface area contributed by atoms with Crippen molar-refractivity contribution in [3.63, 3.8) is 0 Å². The topological polar surface area (TPSA) is 84.9 Å². The average molecular weight is 415 g/mol. The number of fused-ring (bicyclic) bond motifs is 2. The number of rotatable bonds is 5. The minimum Gasteiger partial charge on any atom is -0.461 e. The van der Waals surface area contributed by atoms with Crippen LogP contribution in [0.1, 0.15) is 37.7 Å². The Kier molecular flexibility index (Phi) is 6.25. The van der Waals surface area contributed by atoms with E-state index in [0.29, 0.717) is 19.0 Å². The molecule has 4 rings (SSSR count). The smallest absolute Gasteiger partial charge is 0.409 e. The van der Waals surface area contributed by atoms with E-state index >= 15 is 0 Å². The van der Waals surface area contributed by atoms with Crippen LogP contribution in [0.2, 0.25) is 0 Å². The van der Waals surface area contributed by atoms with Crippen molar-refractivity contribution in [1.82, 2.24) is 10.2 Å². The first kappa shape index (κ1) is 20.7. The van der Waals surface area contributed by atoms with Crippen molar-refractivity contribution < 1.29 is 23.9 Å². The van der Waals surface area contributed by atoms with Crippen molar-refractivity contribution in [2.24, 2.45) is 23.7 Å². The van der Waals surface area contributed by atoms with Gasteiger partial charge in [0.2, 0.25) is 5.91 Å². The molecule has 30 heavy (non-hydrogen) atoms. The van der Waals surface area contributed by atoms with Gasteiger partial charge in [-0.05, 0) is 49.5 Å². The zero-order valence-electron chi connectivity index (χ0n) is 17.4. The summed E-state index contributed by atoms with van der Waals surface area (Å²) in [5.74, 6) is -0.220. The van der Waals surface area contributed by atoms with E-state index in [1.165, 1.54) is 7.11 Å². The highest BCUT2D eigenvalue weighted by Gasteiger charge is 2.52. The summed E-state index contributed by atoms with van der Waals surface area (Å²) in [7, 11) is 1.35. The number of benzene rings is 1. The minimum atomic E-state index is -0.394. The summed E-state index contributed by atoms with van der Waals surface area (Å²) >= 11 is 0. The number of piperidine rings is 1. The van der Waals surface area contributed by atoms with Crippen molar-refractivity contribution in [2.75, 3.05) is 20.2 Å². The Labute approximate surface area is 177 Å². The molecule has 2 saturated carbocycles. The standard InChI is InChI=1S/C23H30N2O5/c1-29-23(28)25-11-5-8-18(13-25)21(26)24-20-17-10-9-16(12-17)19(20)22(27)30-14-15-6-3-2-4-7-15/h2-4,6-7,16-20H,5,8-14H2,1H3,(H,24,26). The predicted molar refractivity (Wildman–Crippen MR) is 109 cm³/mol. The third-order valence-corrected chi connectivity index (χ3v) is 6.95. The number of methoxy groups -OCH3 is 1. The molecule has 2 amide bonds. The Balaban J connectivity index is 1.37. The molecule has 7 nitrogen and oxygen atoms in total. The van der Waals surface area contributed by atoms with E-state index in [0.717, 1.165) is 37.7 Å². The van der Waals surface area contributed by atoms with Crippen LogP contribution in [0.4, 0.5) is 4.79 Å². The van der Waals surface area contributed by atoms with Crippen LogP contribution < -0.4 is 5.32 Å². The average Bonchev–Trinajstić information content (AvgIpc) is 3.39. The second kappa shape index (κ2) is 9.06. The lowest BCUT2D eigenvalue weighted by atomic mass is 9.84. The molecule has 5 atom stereocenters. The highest BCUT2D eigenvalue weighted by Crippen LogP contribution is 2.49. The number of carbonyl (C=O) groups is 3. The molecule has 1 heterocycles. The predicted octanol–water partition coefficient (Wildman–Crippen LogP) is 2.74. The first-order valence-electron chi connectivity index (χ1n) is 10.9. The number of amides is 2.